The SMILES string of the molecule is O=C(O)C1CCC(CN=Cc2ccccc2)CC1. The molecule has 1 saturated carbocycles. The van der Waals surface area contributed by atoms with Crippen molar-refractivity contribution in [3.8, 4) is 0 Å². The minimum atomic E-state index is -0.638. The summed E-state index contributed by atoms with van der Waals surface area (Å²) in [7, 11) is 0. The van der Waals surface area contributed by atoms with E-state index in [-0.39, 0.29) is 5.92 Å². The summed E-state index contributed by atoms with van der Waals surface area (Å²) in [6.07, 6.45) is 5.50. The lowest BCUT2D eigenvalue weighted by atomic mass is 9.82. The summed E-state index contributed by atoms with van der Waals surface area (Å²) in [6.45, 7) is 0.821. The van der Waals surface area contributed by atoms with Crippen molar-refractivity contribution in [1.29, 1.82) is 0 Å². The van der Waals surface area contributed by atoms with Gasteiger partial charge in [0.15, 0.2) is 0 Å². The second-order valence-corrected chi connectivity index (χ2v) is 4.96. The maximum atomic E-state index is 10.8. The van der Waals surface area contributed by atoms with E-state index in [0.717, 1.165) is 37.8 Å². The van der Waals surface area contributed by atoms with Crippen molar-refractivity contribution in [3.63, 3.8) is 0 Å². The lowest BCUT2D eigenvalue weighted by Crippen LogP contribution is -2.22. The van der Waals surface area contributed by atoms with Crippen LogP contribution in [0.4, 0.5) is 0 Å². The van der Waals surface area contributed by atoms with Gasteiger partial charge in [0.05, 0.1) is 5.92 Å². The number of carboxylic acids is 1. The quantitative estimate of drug-likeness (QED) is 0.829. The predicted molar refractivity (Wildman–Crippen MR) is 72.0 cm³/mol. The first-order valence-corrected chi connectivity index (χ1v) is 6.53. The molecule has 0 unspecified atom stereocenters. The van der Waals surface area contributed by atoms with Gasteiger partial charge in [0.2, 0.25) is 0 Å². The van der Waals surface area contributed by atoms with Gasteiger partial charge in [-0.05, 0) is 37.2 Å². The largest absolute Gasteiger partial charge is 0.481 e. The topological polar surface area (TPSA) is 49.7 Å². The van der Waals surface area contributed by atoms with Crippen molar-refractivity contribution in [2.45, 2.75) is 25.7 Å². The van der Waals surface area contributed by atoms with E-state index in [2.05, 4.69) is 4.99 Å². The van der Waals surface area contributed by atoms with Crippen LogP contribution in [0.1, 0.15) is 31.2 Å². The van der Waals surface area contributed by atoms with Gasteiger partial charge in [0, 0.05) is 12.8 Å². The van der Waals surface area contributed by atoms with Crippen molar-refractivity contribution in [3.05, 3.63) is 35.9 Å². The van der Waals surface area contributed by atoms with Crippen LogP contribution in [0, 0.1) is 11.8 Å². The normalized spacial score (nSPS) is 24.2. The first kappa shape index (κ1) is 12.8. The third-order valence-corrected chi connectivity index (χ3v) is 3.60. The second-order valence-electron chi connectivity index (χ2n) is 4.96. The molecule has 1 aromatic carbocycles. The summed E-state index contributed by atoms with van der Waals surface area (Å²) in [5.41, 5.74) is 1.12. The summed E-state index contributed by atoms with van der Waals surface area (Å²) >= 11 is 0. The summed E-state index contributed by atoms with van der Waals surface area (Å²) in [4.78, 5) is 15.3. The zero-order valence-electron chi connectivity index (χ0n) is 10.5. The molecule has 3 heteroatoms. The van der Waals surface area contributed by atoms with E-state index in [4.69, 9.17) is 5.11 Å². The average Bonchev–Trinajstić information content (AvgIpc) is 2.40. The molecule has 0 bridgehead atoms. The Morgan fingerprint density at radius 3 is 2.50 bits per heavy atom. The third kappa shape index (κ3) is 3.69. The molecule has 0 amide bonds. The van der Waals surface area contributed by atoms with Gasteiger partial charge >= 0.3 is 5.97 Å². The van der Waals surface area contributed by atoms with Crippen LogP contribution in [0.15, 0.2) is 35.3 Å². The standard InChI is InChI=1S/C15H19NO2/c17-15(18)14-8-6-13(7-9-14)11-16-10-12-4-2-1-3-5-12/h1-5,10,13-14H,6-9,11H2,(H,17,18). The van der Waals surface area contributed by atoms with Gasteiger partial charge in [-0.3, -0.25) is 9.79 Å². The molecule has 1 aliphatic carbocycles. The van der Waals surface area contributed by atoms with Gasteiger partial charge in [0.1, 0.15) is 0 Å². The molecule has 3 nitrogen and oxygen atoms in total. The molecule has 0 saturated heterocycles. The van der Waals surface area contributed by atoms with Gasteiger partial charge < -0.3 is 5.11 Å². The molecule has 1 fully saturated rings. The number of nitrogens with zero attached hydrogens (tertiary/aromatic N) is 1. The van der Waals surface area contributed by atoms with Crippen LogP contribution >= 0.6 is 0 Å². The lowest BCUT2D eigenvalue weighted by molar-refractivity contribution is -0.143. The summed E-state index contributed by atoms with van der Waals surface area (Å²) in [6, 6.07) is 10.1. The maximum Gasteiger partial charge on any atom is 0.306 e. The van der Waals surface area contributed by atoms with Crippen LogP contribution < -0.4 is 0 Å². The molecule has 0 aliphatic heterocycles. The van der Waals surface area contributed by atoms with Gasteiger partial charge in [-0.15, -0.1) is 0 Å². The van der Waals surface area contributed by atoms with Crippen LogP contribution in [0.25, 0.3) is 0 Å². The fraction of sp³-hybridized carbons (Fsp3) is 0.467. The first-order chi connectivity index (χ1) is 8.75. The highest BCUT2D eigenvalue weighted by molar-refractivity contribution is 5.79. The number of benzene rings is 1. The molecule has 0 atom stereocenters. The van der Waals surface area contributed by atoms with Crippen LogP contribution in [0.2, 0.25) is 0 Å². The number of carboxylic acid groups (broad SMARTS) is 1. The molecule has 1 N–H and O–H groups in total. The Kier molecular flexibility index (Phi) is 4.51. The van der Waals surface area contributed by atoms with E-state index in [1.807, 2.05) is 36.5 Å². The van der Waals surface area contributed by atoms with E-state index < -0.39 is 5.97 Å². The summed E-state index contributed by atoms with van der Waals surface area (Å²) < 4.78 is 0. The zero-order valence-corrected chi connectivity index (χ0v) is 10.5. The lowest BCUT2D eigenvalue weighted by Gasteiger charge is -2.24. The Labute approximate surface area is 108 Å². The zero-order chi connectivity index (χ0) is 12.8. The molecule has 0 radical (unpaired) electrons. The van der Waals surface area contributed by atoms with Gasteiger partial charge in [0.25, 0.3) is 0 Å². The Balaban J connectivity index is 1.76. The molecular formula is C15H19NO2. The highest BCUT2D eigenvalue weighted by Gasteiger charge is 2.25. The van der Waals surface area contributed by atoms with Crippen molar-refractivity contribution in [1.82, 2.24) is 0 Å². The van der Waals surface area contributed by atoms with E-state index in [0.29, 0.717) is 5.92 Å². The maximum absolute atomic E-state index is 10.8. The van der Waals surface area contributed by atoms with Gasteiger partial charge in [-0.2, -0.15) is 0 Å². The molecule has 0 heterocycles. The first-order valence-electron chi connectivity index (χ1n) is 6.53. The van der Waals surface area contributed by atoms with Gasteiger partial charge in [-0.25, -0.2) is 0 Å². The van der Waals surface area contributed by atoms with Crippen LogP contribution in [0.5, 0.6) is 0 Å². The smallest absolute Gasteiger partial charge is 0.306 e. The molecule has 1 aromatic rings. The number of hydrogen-bond acceptors (Lipinski definition) is 2. The monoisotopic (exact) mass is 245 g/mol. The van der Waals surface area contributed by atoms with Crippen LogP contribution in [-0.4, -0.2) is 23.8 Å². The fourth-order valence-corrected chi connectivity index (χ4v) is 2.44. The van der Waals surface area contributed by atoms with Crippen LogP contribution in [0.3, 0.4) is 0 Å². The minimum Gasteiger partial charge on any atom is -0.481 e. The summed E-state index contributed by atoms with van der Waals surface area (Å²) in [5, 5.41) is 8.92. The van der Waals surface area contributed by atoms with Crippen molar-refractivity contribution in [2.24, 2.45) is 16.8 Å². The number of hydrogen-bond donors (Lipinski definition) is 1. The van der Waals surface area contributed by atoms with E-state index in [1.54, 1.807) is 0 Å². The molecule has 2 rings (SSSR count). The molecule has 1 aliphatic rings. The van der Waals surface area contributed by atoms with E-state index in [9.17, 15) is 4.79 Å². The van der Waals surface area contributed by atoms with Crippen molar-refractivity contribution < 1.29 is 9.90 Å². The number of aliphatic imine (C=N–C) groups is 1. The molecule has 0 spiro atoms. The number of aliphatic carboxylic acids is 1. The number of carbonyl (C=O) groups is 1. The predicted octanol–water partition coefficient (Wildman–Crippen LogP) is 3.00. The second kappa shape index (κ2) is 6.34. The third-order valence-electron chi connectivity index (χ3n) is 3.60. The Bertz CT molecular complexity index is 406. The van der Waals surface area contributed by atoms with E-state index in [1.165, 1.54) is 0 Å². The number of rotatable bonds is 4. The van der Waals surface area contributed by atoms with Crippen molar-refractivity contribution >= 4 is 12.2 Å². The Morgan fingerprint density at radius 1 is 1.22 bits per heavy atom. The Morgan fingerprint density at radius 2 is 1.89 bits per heavy atom. The minimum absolute atomic E-state index is 0.126. The fourth-order valence-electron chi connectivity index (χ4n) is 2.44. The molecule has 96 valence electrons. The van der Waals surface area contributed by atoms with E-state index >= 15 is 0 Å². The average molecular weight is 245 g/mol. The molecular weight excluding hydrogens is 226 g/mol. The molecule has 18 heavy (non-hydrogen) atoms. The summed E-state index contributed by atoms with van der Waals surface area (Å²) in [5.74, 6) is -0.207. The van der Waals surface area contributed by atoms with Crippen molar-refractivity contribution in [2.75, 3.05) is 6.54 Å². The highest BCUT2D eigenvalue weighted by Crippen LogP contribution is 2.28. The molecule has 0 aromatic heterocycles. The Hall–Kier alpha value is -1.64. The highest BCUT2D eigenvalue weighted by atomic mass is 16.4. The van der Waals surface area contributed by atoms with Crippen LogP contribution in [-0.2, 0) is 4.79 Å². The van der Waals surface area contributed by atoms with Gasteiger partial charge in [-0.1, -0.05) is 30.3 Å².